The van der Waals surface area contributed by atoms with E-state index >= 15 is 0 Å². The van der Waals surface area contributed by atoms with Crippen molar-refractivity contribution in [1.82, 2.24) is 0 Å². The van der Waals surface area contributed by atoms with Crippen molar-refractivity contribution in [2.45, 2.75) is 19.8 Å². The summed E-state index contributed by atoms with van der Waals surface area (Å²) in [5, 5.41) is 0. The first kappa shape index (κ1) is 13.9. The molecule has 100 valence electrons. The van der Waals surface area contributed by atoms with Gasteiger partial charge >= 0.3 is 0 Å². The van der Waals surface area contributed by atoms with Crippen LogP contribution in [0.3, 0.4) is 0 Å². The van der Waals surface area contributed by atoms with Gasteiger partial charge in [0.2, 0.25) is 0 Å². The predicted octanol–water partition coefficient (Wildman–Crippen LogP) is 4.35. The van der Waals surface area contributed by atoms with Gasteiger partial charge in [-0.15, -0.1) is 0 Å². The Balaban J connectivity index is 1.81. The van der Waals surface area contributed by atoms with Crippen molar-refractivity contribution in [3.63, 3.8) is 0 Å². The molecule has 2 aromatic carbocycles. The van der Waals surface area contributed by atoms with Crippen molar-refractivity contribution in [1.29, 1.82) is 0 Å². The van der Waals surface area contributed by atoms with E-state index in [-0.39, 0.29) is 0 Å². The third kappa shape index (κ3) is 4.28. The second-order valence-electron chi connectivity index (χ2n) is 4.61. The minimum Gasteiger partial charge on any atom is -0.493 e. The first-order valence-corrected chi connectivity index (χ1v) is 7.18. The summed E-state index contributed by atoms with van der Waals surface area (Å²) in [6.45, 7) is 2.77. The third-order valence-electron chi connectivity index (χ3n) is 2.96. The molecular weight excluding hydrogens is 302 g/mol. The summed E-state index contributed by atoms with van der Waals surface area (Å²) in [5.41, 5.74) is 8.99. The maximum Gasteiger partial charge on any atom is 0.122 e. The highest BCUT2D eigenvalue weighted by Gasteiger charge is 2.00. The molecular formula is C16H18BrNO. The van der Waals surface area contributed by atoms with Crippen molar-refractivity contribution in [3.05, 3.63) is 58.1 Å². The molecule has 0 aliphatic heterocycles. The number of anilines is 1. The lowest BCUT2D eigenvalue weighted by molar-refractivity contribution is 0.309. The van der Waals surface area contributed by atoms with Gasteiger partial charge in [0.25, 0.3) is 0 Å². The Morgan fingerprint density at radius 3 is 2.74 bits per heavy atom. The molecule has 0 saturated heterocycles. The van der Waals surface area contributed by atoms with Gasteiger partial charge in [0.05, 0.1) is 6.61 Å². The largest absolute Gasteiger partial charge is 0.493 e. The van der Waals surface area contributed by atoms with Crippen LogP contribution < -0.4 is 10.5 Å². The Morgan fingerprint density at radius 1 is 1.16 bits per heavy atom. The number of nitrogen functional groups attached to an aromatic ring is 1. The van der Waals surface area contributed by atoms with E-state index in [1.807, 2.05) is 30.3 Å². The SMILES string of the molecule is Cc1cc(Br)ccc1OCCCc1cccc(N)c1. The molecule has 0 saturated carbocycles. The van der Waals surface area contributed by atoms with Gasteiger partial charge in [0, 0.05) is 10.2 Å². The van der Waals surface area contributed by atoms with E-state index in [9.17, 15) is 0 Å². The molecule has 0 bridgehead atoms. The molecule has 0 unspecified atom stereocenters. The van der Waals surface area contributed by atoms with Crippen LogP contribution in [0.15, 0.2) is 46.9 Å². The summed E-state index contributed by atoms with van der Waals surface area (Å²) in [7, 11) is 0. The van der Waals surface area contributed by atoms with Gasteiger partial charge < -0.3 is 10.5 Å². The lowest BCUT2D eigenvalue weighted by Gasteiger charge is -2.09. The van der Waals surface area contributed by atoms with Crippen LogP contribution in [0.25, 0.3) is 0 Å². The lowest BCUT2D eigenvalue weighted by atomic mass is 10.1. The highest BCUT2D eigenvalue weighted by molar-refractivity contribution is 9.10. The molecule has 2 aromatic rings. The van der Waals surface area contributed by atoms with E-state index in [0.29, 0.717) is 0 Å². The molecule has 3 heteroatoms. The Hall–Kier alpha value is -1.48. The number of aryl methyl sites for hydroxylation is 2. The highest BCUT2D eigenvalue weighted by Crippen LogP contribution is 2.22. The highest BCUT2D eigenvalue weighted by atomic mass is 79.9. The van der Waals surface area contributed by atoms with Crippen LogP contribution in [-0.2, 0) is 6.42 Å². The molecule has 0 spiro atoms. The van der Waals surface area contributed by atoms with Crippen molar-refractivity contribution in [3.8, 4) is 5.75 Å². The van der Waals surface area contributed by atoms with E-state index in [2.05, 4.69) is 35.0 Å². The van der Waals surface area contributed by atoms with Gasteiger partial charge in [-0.3, -0.25) is 0 Å². The fourth-order valence-corrected chi connectivity index (χ4v) is 2.46. The van der Waals surface area contributed by atoms with Gasteiger partial charge in [0.1, 0.15) is 5.75 Å². The monoisotopic (exact) mass is 319 g/mol. The molecule has 2 rings (SSSR count). The molecule has 0 radical (unpaired) electrons. The molecule has 0 aromatic heterocycles. The minimum atomic E-state index is 0.720. The molecule has 2 N–H and O–H groups in total. The summed E-state index contributed by atoms with van der Waals surface area (Å²) in [5.74, 6) is 0.954. The average Bonchev–Trinajstić information content (AvgIpc) is 2.37. The molecule has 0 fully saturated rings. The lowest BCUT2D eigenvalue weighted by Crippen LogP contribution is -2.01. The second-order valence-corrected chi connectivity index (χ2v) is 5.52. The standard InChI is InChI=1S/C16H18BrNO/c1-12-10-14(17)7-8-16(12)19-9-3-5-13-4-2-6-15(18)11-13/h2,4,6-8,10-11H,3,5,9,18H2,1H3. The number of halogens is 1. The average molecular weight is 320 g/mol. The minimum absolute atomic E-state index is 0.720. The molecule has 0 heterocycles. The molecule has 0 aliphatic carbocycles. The zero-order valence-electron chi connectivity index (χ0n) is 11.0. The topological polar surface area (TPSA) is 35.2 Å². The molecule has 0 atom stereocenters. The van der Waals surface area contributed by atoms with E-state index in [1.54, 1.807) is 0 Å². The molecule has 19 heavy (non-hydrogen) atoms. The van der Waals surface area contributed by atoms with Crippen LogP contribution in [-0.4, -0.2) is 6.61 Å². The van der Waals surface area contributed by atoms with Crippen LogP contribution in [0.4, 0.5) is 5.69 Å². The van der Waals surface area contributed by atoms with Crippen molar-refractivity contribution >= 4 is 21.6 Å². The number of rotatable bonds is 5. The van der Waals surface area contributed by atoms with Crippen molar-refractivity contribution < 1.29 is 4.74 Å². The Labute approximate surface area is 122 Å². The van der Waals surface area contributed by atoms with Gasteiger partial charge in [-0.05, 0) is 61.2 Å². The van der Waals surface area contributed by atoms with E-state index in [4.69, 9.17) is 10.5 Å². The van der Waals surface area contributed by atoms with Crippen LogP contribution in [0.1, 0.15) is 17.5 Å². The van der Waals surface area contributed by atoms with Gasteiger partial charge in [-0.2, -0.15) is 0 Å². The van der Waals surface area contributed by atoms with Gasteiger partial charge in [0.15, 0.2) is 0 Å². The van der Waals surface area contributed by atoms with Gasteiger partial charge in [-0.25, -0.2) is 0 Å². The number of hydrogen-bond donors (Lipinski definition) is 1. The Kier molecular flexibility index (Phi) is 4.86. The van der Waals surface area contributed by atoms with Crippen molar-refractivity contribution in [2.24, 2.45) is 0 Å². The second kappa shape index (κ2) is 6.62. The number of benzene rings is 2. The van der Waals surface area contributed by atoms with E-state index in [0.717, 1.165) is 40.9 Å². The maximum atomic E-state index is 5.79. The zero-order valence-corrected chi connectivity index (χ0v) is 12.6. The van der Waals surface area contributed by atoms with Crippen LogP contribution in [0.5, 0.6) is 5.75 Å². The summed E-state index contributed by atoms with van der Waals surface area (Å²) >= 11 is 3.45. The molecule has 2 nitrogen and oxygen atoms in total. The smallest absolute Gasteiger partial charge is 0.122 e. The Morgan fingerprint density at radius 2 is 2.00 bits per heavy atom. The van der Waals surface area contributed by atoms with Crippen molar-refractivity contribution in [2.75, 3.05) is 12.3 Å². The summed E-state index contributed by atoms with van der Waals surface area (Å²) < 4.78 is 6.87. The third-order valence-corrected chi connectivity index (χ3v) is 3.45. The first-order chi connectivity index (χ1) is 9.15. The van der Waals surface area contributed by atoms with Gasteiger partial charge in [-0.1, -0.05) is 28.1 Å². The fourth-order valence-electron chi connectivity index (χ4n) is 1.98. The van der Waals surface area contributed by atoms with Crippen LogP contribution in [0.2, 0.25) is 0 Å². The van der Waals surface area contributed by atoms with Crippen LogP contribution in [0, 0.1) is 6.92 Å². The van der Waals surface area contributed by atoms with E-state index in [1.165, 1.54) is 5.56 Å². The normalized spacial score (nSPS) is 10.4. The first-order valence-electron chi connectivity index (χ1n) is 6.38. The van der Waals surface area contributed by atoms with Crippen LogP contribution >= 0.6 is 15.9 Å². The summed E-state index contributed by atoms with van der Waals surface area (Å²) in [6.07, 6.45) is 1.97. The molecule has 0 aliphatic rings. The fraction of sp³-hybridized carbons (Fsp3) is 0.250. The number of hydrogen-bond acceptors (Lipinski definition) is 2. The number of nitrogens with two attached hydrogens (primary N) is 1. The van der Waals surface area contributed by atoms with E-state index < -0.39 is 0 Å². The predicted molar refractivity (Wildman–Crippen MR) is 83.5 cm³/mol. The Bertz CT molecular complexity index is 554. The number of ether oxygens (including phenoxy) is 1. The summed E-state index contributed by atoms with van der Waals surface area (Å²) in [6, 6.07) is 14.1. The zero-order chi connectivity index (χ0) is 13.7. The molecule has 0 amide bonds. The maximum absolute atomic E-state index is 5.79. The quantitative estimate of drug-likeness (QED) is 0.656. The summed E-state index contributed by atoms with van der Waals surface area (Å²) in [4.78, 5) is 0.